The number of hydrazine groups is 1. The predicted molar refractivity (Wildman–Crippen MR) is 57.0 cm³/mol. The van der Waals surface area contributed by atoms with Gasteiger partial charge in [0.2, 0.25) is 0 Å². The van der Waals surface area contributed by atoms with Crippen LogP contribution < -0.4 is 11.3 Å². The Bertz CT molecular complexity index is 369. The highest BCUT2D eigenvalue weighted by Gasteiger charge is 2.68. The van der Waals surface area contributed by atoms with Gasteiger partial charge in [0.15, 0.2) is 0 Å². The molecule has 0 saturated heterocycles. The summed E-state index contributed by atoms with van der Waals surface area (Å²) in [6.45, 7) is 0. The van der Waals surface area contributed by atoms with Gasteiger partial charge in [0.05, 0.1) is 0 Å². The number of benzene rings is 1. The Morgan fingerprint density at radius 2 is 1.86 bits per heavy atom. The van der Waals surface area contributed by atoms with E-state index in [1.165, 1.54) is 5.56 Å². The standard InChI is InChI=1S/C11H13ClN2/c12-9-4-2-1-3-8(9)10-5-11(6-10,7-10)14-13/h1-4,14H,5-7,13H2. The average molecular weight is 209 g/mol. The van der Waals surface area contributed by atoms with Crippen molar-refractivity contribution in [2.24, 2.45) is 5.84 Å². The van der Waals surface area contributed by atoms with Gasteiger partial charge in [-0.3, -0.25) is 11.3 Å². The maximum Gasteiger partial charge on any atom is 0.0443 e. The number of rotatable bonds is 2. The highest BCUT2D eigenvalue weighted by molar-refractivity contribution is 6.31. The molecule has 0 atom stereocenters. The van der Waals surface area contributed by atoms with Gasteiger partial charge in [-0.05, 0) is 30.9 Å². The van der Waals surface area contributed by atoms with Gasteiger partial charge < -0.3 is 0 Å². The summed E-state index contributed by atoms with van der Waals surface area (Å²) < 4.78 is 0. The van der Waals surface area contributed by atoms with E-state index in [2.05, 4.69) is 17.6 Å². The first-order valence-corrected chi connectivity index (χ1v) is 5.30. The minimum atomic E-state index is 0.235. The zero-order valence-corrected chi connectivity index (χ0v) is 8.64. The largest absolute Gasteiger partial charge is 0.271 e. The highest BCUT2D eigenvalue weighted by atomic mass is 35.5. The van der Waals surface area contributed by atoms with Crippen molar-refractivity contribution in [1.29, 1.82) is 0 Å². The van der Waals surface area contributed by atoms with E-state index in [9.17, 15) is 0 Å². The summed E-state index contributed by atoms with van der Waals surface area (Å²) in [7, 11) is 0. The highest BCUT2D eigenvalue weighted by Crippen LogP contribution is 2.68. The van der Waals surface area contributed by atoms with Gasteiger partial charge in [0.25, 0.3) is 0 Å². The SMILES string of the molecule is NNC12CC(c3ccccc3Cl)(C1)C2. The Labute approximate surface area is 88.4 Å². The maximum absolute atomic E-state index is 6.18. The molecule has 14 heavy (non-hydrogen) atoms. The van der Waals surface area contributed by atoms with Gasteiger partial charge in [-0.2, -0.15) is 0 Å². The second kappa shape index (κ2) is 2.51. The summed E-state index contributed by atoms with van der Waals surface area (Å²) >= 11 is 6.18. The first-order chi connectivity index (χ1) is 6.70. The molecule has 3 saturated carbocycles. The summed E-state index contributed by atoms with van der Waals surface area (Å²) in [5.74, 6) is 5.50. The van der Waals surface area contributed by atoms with Crippen molar-refractivity contribution < 1.29 is 0 Å². The Hall–Kier alpha value is -0.570. The van der Waals surface area contributed by atoms with Gasteiger partial charge in [0.1, 0.15) is 0 Å². The Morgan fingerprint density at radius 3 is 2.43 bits per heavy atom. The predicted octanol–water partition coefficient (Wildman–Crippen LogP) is 1.98. The third kappa shape index (κ3) is 0.888. The monoisotopic (exact) mass is 208 g/mol. The van der Waals surface area contributed by atoms with Crippen LogP contribution >= 0.6 is 11.6 Å². The van der Waals surface area contributed by atoms with Gasteiger partial charge in [0, 0.05) is 16.0 Å². The normalized spacial score (nSPS) is 38.7. The minimum absolute atomic E-state index is 0.235. The number of hydrogen-bond donors (Lipinski definition) is 2. The van der Waals surface area contributed by atoms with E-state index in [-0.39, 0.29) is 5.54 Å². The molecule has 3 heteroatoms. The van der Waals surface area contributed by atoms with E-state index in [0.717, 1.165) is 24.3 Å². The van der Waals surface area contributed by atoms with Crippen molar-refractivity contribution in [2.75, 3.05) is 0 Å². The molecule has 74 valence electrons. The molecule has 0 aromatic heterocycles. The molecule has 3 fully saturated rings. The van der Waals surface area contributed by atoms with Crippen molar-refractivity contribution in [1.82, 2.24) is 5.43 Å². The quantitative estimate of drug-likeness (QED) is 0.576. The van der Waals surface area contributed by atoms with E-state index in [1.807, 2.05) is 12.1 Å². The van der Waals surface area contributed by atoms with Crippen LogP contribution in [0.4, 0.5) is 0 Å². The Kier molecular flexibility index (Phi) is 1.56. The lowest BCUT2D eigenvalue weighted by Crippen LogP contribution is -2.77. The molecule has 4 rings (SSSR count). The lowest BCUT2D eigenvalue weighted by Gasteiger charge is -2.70. The van der Waals surface area contributed by atoms with Crippen LogP contribution in [0.2, 0.25) is 5.02 Å². The van der Waals surface area contributed by atoms with E-state index in [1.54, 1.807) is 0 Å². The van der Waals surface area contributed by atoms with E-state index < -0.39 is 0 Å². The maximum atomic E-state index is 6.18. The van der Waals surface area contributed by atoms with E-state index in [0.29, 0.717) is 5.41 Å². The van der Waals surface area contributed by atoms with Crippen LogP contribution in [0.15, 0.2) is 24.3 Å². The smallest absolute Gasteiger partial charge is 0.0443 e. The third-order valence-electron chi connectivity index (χ3n) is 3.78. The minimum Gasteiger partial charge on any atom is -0.271 e. The fourth-order valence-corrected chi connectivity index (χ4v) is 3.45. The summed E-state index contributed by atoms with van der Waals surface area (Å²) in [5, 5.41) is 0.901. The first-order valence-electron chi connectivity index (χ1n) is 4.93. The fraction of sp³-hybridized carbons (Fsp3) is 0.455. The molecule has 0 radical (unpaired) electrons. The van der Waals surface area contributed by atoms with E-state index in [4.69, 9.17) is 17.4 Å². The molecule has 1 aromatic carbocycles. The summed E-state index contributed by atoms with van der Waals surface area (Å²) in [4.78, 5) is 0. The molecular weight excluding hydrogens is 196 g/mol. The van der Waals surface area contributed by atoms with Crippen molar-refractivity contribution >= 4 is 11.6 Å². The van der Waals surface area contributed by atoms with Gasteiger partial charge in [-0.1, -0.05) is 29.8 Å². The second-order valence-corrected chi connectivity index (χ2v) is 5.12. The molecule has 3 aliphatic rings. The molecule has 1 aromatic rings. The van der Waals surface area contributed by atoms with Crippen LogP contribution in [0.3, 0.4) is 0 Å². The molecule has 0 heterocycles. The van der Waals surface area contributed by atoms with Gasteiger partial charge in [-0.15, -0.1) is 0 Å². The van der Waals surface area contributed by atoms with Crippen LogP contribution in [-0.4, -0.2) is 5.54 Å². The lowest BCUT2D eigenvalue weighted by molar-refractivity contribution is -0.0881. The summed E-state index contributed by atoms with van der Waals surface area (Å²) in [5.41, 5.74) is 4.79. The fourth-order valence-electron chi connectivity index (χ4n) is 3.12. The molecule has 3 aliphatic carbocycles. The third-order valence-corrected chi connectivity index (χ3v) is 4.11. The van der Waals surface area contributed by atoms with Gasteiger partial charge >= 0.3 is 0 Å². The summed E-state index contributed by atoms with van der Waals surface area (Å²) in [6.07, 6.45) is 3.42. The van der Waals surface area contributed by atoms with Crippen molar-refractivity contribution in [3.63, 3.8) is 0 Å². The second-order valence-electron chi connectivity index (χ2n) is 4.72. The molecule has 2 nitrogen and oxygen atoms in total. The molecule has 3 N–H and O–H groups in total. The topological polar surface area (TPSA) is 38.0 Å². The number of nitrogens with one attached hydrogen (secondary N) is 1. The Balaban J connectivity index is 1.91. The Morgan fingerprint density at radius 1 is 1.21 bits per heavy atom. The molecule has 0 amide bonds. The van der Waals surface area contributed by atoms with Crippen LogP contribution in [0.5, 0.6) is 0 Å². The lowest BCUT2D eigenvalue weighted by atomic mass is 9.37. The first kappa shape index (κ1) is 8.72. The van der Waals surface area contributed by atoms with E-state index >= 15 is 0 Å². The van der Waals surface area contributed by atoms with Crippen LogP contribution in [0.1, 0.15) is 24.8 Å². The van der Waals surface area contributed by atoms with Crippen LogP contribution in [0.25, 0.3) is 0 Å². The van der Waals surface area contributed by atoms with Crippen molar-refractivity contribution in [2.45, 2.75) is 30.2 Å². The van der Waals surface area contributed by atoms with Crippen LogP contribution in [0, 0.1) is 0 Å². The van der Waals surface area contributed by atoms with Crippen molar-refractivity contribution in [3.8, 4) is 0 Å². The van der Waals surface area contributed by atoms with Crippen LogP contribution in [-0.2, 0) is 5.41 Å². The van der Waals surface area contributed by atoms with Crippen molar-refractivity contribution in [3.05, 3.63) is 34.9 Å². The zero-order valence-electron chi connectivity index (χ0n) is 7.89. The molecule has 2 bridgehead atoms. The summed E-state index contributed by atoms with van der Waals surface area (Å²) in [6, 6.07) is 8.15. The average Bonchev–Trinajstić information content (AvgIpc) is 2.04. The molecule has 0 unspecified atom stereocenters. The molecular formula is C11H13ClN2. The zero-order chi connectivity index (χ0) is 9.81. The molecule has 0 aliphatic heterocycles. The number of nitrogens with two attached hydrogens (primary N) is 1. The number of hydrogen-bond acceptors (Lipinski definition) is 2. The molecule has 0 spiro atoms. The van der Waals surface area contributed by atoms with Gasteiger partial charge in [-0.25, -0.2) is 0 Å². The number of halogens is 1.